The molecule has 224 valence electrons. The summed E-state index contributed by atoms with van der Waals surface area (Å²) in [6, 6.07) is 12.2. The Hall–Kier alpha value is -4.93. The Morgan fingerprint density at radius 1 is 1.02 bits per heavy atom. The molecule has 0 bridgehead atoms. The van der Waals surface area contributed by atoms with E-state index in [-0.39, 0.29) is 0 Å². The number of aromatic nitrogens is 4. The Morgan fingerprint density at radius 3 is 2.37 bits per heavy atom. The van der Waals surface area contributed by atoms with Gasteiger partial charge in [-0.05, 0) is 43.0 Å². The molecule has 0 spiro atoms. The maximum absolute atomic E-state index is 5.63. The maximum atomic E-state index is 5.63. The zero-order valence-corrected chi connectivity index (χ0v) is 25.4. The lowest BCUT2D eigenvalue weighted by molar-refractivity contribution is 0.268. The van der Waals surface area contributed by atoms with Crippen LogP contribution in [-0.4, -0.2) is 84.5 Å². The van der Waals surface area contributed by atoms with Crippen LogP contribution in [0.15, 0.2) is 77.6 Å². The molecule has 11 nitrogen and oxygen atoms in total. The first-order valence-corrected chi connectivity index (χ1v) is 14.2. The molecule has 0 radical (unpaired) electrons. The minimum atomic E-state index is 0.417. The SMILES string of the molecule is C=C/C(=N\C(=NC)N1CCC(CN(c2cc(OC)cc(OC)c2)c2ccc3ncc(-c4cnn(C)c4)nc3c2)CC1)OC. The van der Waals surface area contributed by atoms with Crippen LogP contribution in [0.5, 0.6) is 11.5 Å². The Kier molecular flexibility index (Phi) is 9.19. The molecule has 0 saturated carbocycles. The third-order valence-corrected chi connectivity index (χ3v) is 7.62. The fraction of sp³-hybridized carbons (Fsp3) is 0.344. The molecule has 0 unspecified atom stereocenters. The molecular weight excluding hydrogens is 544 g/mol. The van der Waals surface area contributed by atoms with E-state index in [0.29, 0.717) is 17.8 Å². The molecule has 0 N–H and O–H groups in total. The van der Waals surface area contributed by atoms with Crippen molar-refractivity contribution in [1.82, 2.24) is 24.6 Å². The number of likely N-dealkylation sites (tertiary alicyclic amines) is 1. The molecule has 1 aliphatic rings. The van der Waals surface area contributed by atoms with Crippen molar-refractivity contribution >= 4 is 34.3 Å². The monoisotopic (exact) mass is 582 g/mol. The van der Waals surface area contributed by atoms with Gasteiger partial charge in [-0.25, -0.2) is 4.98 Å². The lowest BCUT2D eigenvalue weighted by atomic mass is 9.95. The highest BCUT2D eigenvalue weighted by Gasteiger charge is 2.25. The number of piperidine rings is 1. The standard InChI is InChI=1S/C32H38N8O3/c1-7-31(43-6)37-32(33-2)39-12-10-22(11-13-39)20-40(25-14-26(41-4)17-27(15-25)42-5)24-8-9-28-29(16-24)36-30(19-34-28)23-18-35-38(3)21-23/h7-9,14-19,21-22H,1,10-13,20H2,2-6H3/b33-32?,37-31+. The molecule has 1 aliphatic heterocycles. The number of hydrogen-bond donors (Lipinski definition) is 0. The fourth-order valence-corrected chi connectivity index (χ4v) is 5.28. The van der Waals surface area contributed by atoms with Gasteiger partial charge in [0.2, 0.25) is 11.9 Å². The van der Waals surface area contributed by atoms with Crippen LogP contribution < -0.4 is 14.4 Å². The molecule has 5 rings (SSSR count). The summed E-state index contributed by atoms with van der Waals surface area (Å²) in [7, 11) is 8.56. The predicted octanol–water partition coefficient (Wildman–Crippen LogP) is 5.11. The van der Waals surface area contributed by atoms with Crippen molar-refractivity contribution < 1.29 is 14.2 Å². The zero-order chi connectivity index (χ0) is 30.3. The number of ether oxygens (including phenoxy) is 3. The Labute approximate surface area is 252 Å². The summed E-state index contributed by atoms with van der Waals surface area (Å²) in [5.74, 6) is 2.98. The normalized spacial score (nSPS) is 14.6. The van der Waals surface area contributed by atoms with Gasteiger partial charge in [0.05, 0.1) is 50.5 Å². The summed E-state index contributed by atoms with van der Waals surface area (Å²) in [6.45, 7) is 6.23. The number of hydrogen-bond acceptors (Lipinski definition) is 8. The number of fused-ring (bicyclic) bond motifs is 1. The van der Waals surface area contributed by atoms with Gasteiger partial charge in [-0.1, -0.05) is 6.58 Å². The number of anilines is 2. The molecule has 3 heterocycles. The predicted molar refractivity (Wildman–Crippen MR) is 171 cm³/mol. The number of aliphatic imine (C=N–C) groups is 2. The van der Waals surface area contributed by atoms with Crippen molar-refractivity contribution in [3.05, 3.63) is 67.6 Å². The molecule has 2 aromatic heterocycles. The average molecular weight is 583 g/mol. The molecule has 0 amide bonds. The van der Waals surface area contributed by atoms with E-state index in [4.69, 9.17) is 19.2 Å². The molecule has 11 heteroatoms. The van der Waals surface area contributed by atoms with Gasteiger partial charge in [-0.15, -0.1) is 0 Å². The van der Waals surface area contributed by atoms with Crippen LogP contribution in [0.1, 0.15) is 12.8 Å². The second-order valence-corrected chi connectivity index (χ2v) is 10.3. The summed E-state index contributed by atoms with van der Waals surface area (Å²) < 4.78 is 18.3. The number of aryl methyl sites for hydroxylation is 1. The number of rotatable bonds is 8. The van der Waals surface area contributed by atoms with E-state index in [2.05, 4.69) is 48.6 Å². The molecular formula is C32H38N8O3. The number of methoxy groups -OCH3 is 3. The van der Waals surface area contributed by atoms with Gasteiger partial charge in [0.1, 0.15) is 11.5 Å². The Balaban J connectivity index is 1.46. The van der Waals surface area contributed by atoms with Gasteiger partial charge in [0, 0.05) is 75.1 Å². The van der Waals surface area contributed by atoms with Crippen LogP contribution in [0.2, 0.25) is 0 Å². The topological polar surface area (TPSA) is 102 Å². The first-order valence-electron chi connectivity index (χ1n) is 14.2. The molecule has 43 heavy (non-hydrogen) atoms. The van der Waals surface area contributed by atoms with Gasteiger partial charge in [-0.2, -0.15) is 10.1 Å². The third-order valence-electron chi connectivity index (χ3n) is 7.62. The van der Waals surface area contributed by atoms with Crippen molar-refractivity contribution in [2.75, 3.05) is 52.9 Å². The van der Waals surface area contributed by atoms with Crippen LogP contribution >= 0.6 is 0 Å². The third kappa shape index (κ3) is 6.77. The maximum Gasteiger partial charge on any atom is 0.223 e. The molecule has 0 aliphatic carbocycles. The lowest BCUT2D eigenvalue weighted by Gasteiger charge is -2.36. The van der Waals surface area contributed by atoms with Gasteiger partial charge < -0.3 is 24.0 Å². The zero-order valence-electron chi connectivity index (χ0n) is 25.4. The minimum absolute atomic E-state index is 0.417. The second kappa shape index (κ2) is 13.4. The van der Waals surface area contributed by atoms with Crippen molar-refractivity contribution in [1.29, 1.82) is 0 Å². The molecule has 1 saturated heterocycles. The fourth-order valence-electron chi connectivity index (χ4n) is 5.28. The first-order chi connectivity index (χ1) is 20.9. The highest BCUT2D eigenvalue weighted by Crippen LogP contribution is 2.36. The summed E-state index contributed by atoms with van der Waals surface area (Å²) in [6.07, 6.45) is 9.07. The number of nitrogens with zero attached hydrogens (tertiary/aromatic N) is 8. The Morgan fingerprint density at radius 2 is 1.77 bits per heavy atom. The van der Waals surface area contributed by atoms with Crippen molar-refractivity contribution in [2.45, 2.75) is 12.8 Å². The second-order valence-electron chi connectivity index (χ2n) is 10.3. The molecule has 0 atom stereocenters. The lowest BCUT2D eigenvalue weighted by Crippen LogP contribution is -2.40. The summed E-state index contributed by atoms with van der Waals surface area (Å²) in [5.41, 5.74) is 5.34. The molecule has 4 aromatic rings. The average Bonchev–Trinajstić information content (AvgIpc) is 3.50. The number of guanidine groups is 1. The smallest absolute Gasteiger partial charge is 0.223 e. The largest absolute Gasteiger partial charge is 0.497 e. The van der Waals surface area contributed by atoms with E-state index >= 15 is 0 Å². The van der Waals surface area contributed by atoms with Gasteiger partial charge in [0.15, 0.2) is 0 Å². The van der Waals surface area contributed by atoms with E-state index in [1.807, 2.05) is 37.5 Å². The van der Waals surface area contributed by atoms with Gasteiger partial charge in [0.25, 0.3) is 0 Å². The molecule has 1 fully saturated rings. The summed E-state index contributed by atoms with van der Waals surface area (Å²) in [4.78, 5) is 23.1. The van der Waals surface area contributed by atoms with E-state index in [1.54, 1.807) is 51.5 Å². The van der Waals surface area contributed by atoms with Crippen LogP contribution in [-0.2, 0) is 11.8 Å². The van der Waals surface area contributed by atoms with Crippen molar-refractivity contribution in [3.8, 4) is 22.8 Å². The summed E-state index contributed by atoms with van der Waals surface area (Å²) in [5, 5.41) is 4.29. The van der Waals surface area contributed by atoms with Crippen LogP contribution in [0, 0.1) is 5.92 Å². The highest BCUT2D eigenvalue weighted by atomic mass is 16.5. The van der Waals surface area contributed by atoms with Crippen molar-refractivity contribution in [2.24, 2.45) is 23.0 Å². The highest BCUT2D eigenvalue weighted by molar-refractivity contribution is 5.98. The first kappa shape index (κ1) is 29.6. The van der Waals surface area contributed by atoms with Crippen molar-refractivity contribution in [3.63, 3.8) is 0 Å². The van der Waals surface area contributed by atoms with Crippen LogP contribution in [0.4, 0.5) is 11.4 Å². The van der Waals surface area contributed by atoms with Gasteiger partial charge in [-0.3, -0.25) is 14.7 Å². The quantitative estimate of drug-likeness (QED) is 0.209. The Bertz CT molecular complexity index is 1620. The number of benzene rings is 2. The molecule has 2 aromatic carbocycles. The van der Waals surface area contributed by atoms with E-state index in [1.165, 1.54) is 0 Å². The minimum Gasteiger partial charge on any atom is -0.497 e. The van der Waals surface area contributed by atoms with Crippen LogP contribution in [0.25, 0.3) is 22.3 Å². The van der Waals surface area contributed by atoms with E-state index < -0.39 is 0 Å². The van der Waals surface area contributed by atoms with Gasteiger partial charge >= 0.3 is 0 Å². The van der Waals surface area contributed by atoms with E-state index in [0.717, 1.165) is 77.6 Å². The van der Waals surface area contributed by atoms with E-state index in [9.17, 15) is 0 Å². The summed E-state index contributed by atoms with van der Waals surface area (Å²) >= 11 is 0. The van der Waals surface area contributed by atoms with Crippen LogP contribution in [0.3, 0.4) is 0 Å².